The van der Waals surface area contributed by atoms with Crippen molar-refractivity contribution in [3.63, 3.8) is 0 Å². The van der Waals surface area contributed by atoms with Crippen molar-refractivity contribution in [3.8, 4) is 0 Å². The van der Waals surface area contributed by atoms with E-state index in [1.54, 1.807) is 42.5 Å². The molecule has 0 spiro atoms. The molecule has 2 amide bonds. The predicted molar refractivity (Wildman–Crippen MR) is 84.5 cm³/mol. The van der Waals surface area contributed by atoms with E-state index in [1.807, 2.05) is 6.07 Å². The fraction of sp³-hybridized carbons (Fsp3) is 0.0625. The van der Waals surface area contributed by atoms with Crippen molar-refractivity contribution in [2.75, 3.05) is 4.90 Å². The van der Waals surface area contributed by atoms with E-state index in [0.29, 0.717) is 28.2 Å². The number of carbonyl (C=O) groups excluding carboxylic acids is 2. The van der Waals surface area contributed by atoms with Crippen LogP contribution in [-0.4, -0.2) is 16.8 Å². The van der Waals surface area contributed by atoms with E-state index in [9.17, 15) is 9.59 Å². The van der Waals surface area contributed by atoms with Crippen LogP contribution in [0, 0.1) is 0 Å². The van der Waals surface area contributed by atoms with E-state index in [-0.39, 0.29) is 11.8 Å². The Balaban J connectivity index is 2.01. The molecule has 0 unspecified atom stereocenters. The lowest BCUT2D eigenvalue weighted by Gasteiger charge is -2.15. The fourth-order valence-corrected chi connectivity index (χ4v) is 2.60. The first kappa shape index (κ1) is 13.5. The molecule has 0 saturated carbocycles. The van der Waals surface area contributed by atoms with Crippen LogP contribution in [0.1, 0.15) is 26.3 Å². The summed E-state index contributed by atoms with van der Waals surface area (Å²) in [5, 5.41) is 0. The number of amides is 2. The summed E-state index contributed by atoms with van der Waals surface area (Å²) in [6, 6.07) is 14.0. The third-order valence-corrected chi connectivity index (χ3v) is 3.49. The minimum absolute atomic E-state index is 0.303. The fourth-order valence-electron chi connectivity index (χ4n) is 2.43. The molecule has 1 aliphatic heterocycles. The Labute approximate surface area is 127 Å². The second-order valence-corrected chi connectivity index (χ2v) is 5.33. The van der Waals surface area contributed by atoms with Gasteiger partial charge in [-0.15, -0.1) is 0 Å². The van der Waals surface area contributed by atoms with Crippen LogP contribution >= 0.6 is 12.2 Å². The van der Waals surface area contributed by atoms with Gasteiger partial charge in [-0.1, -0.05) is 36.5 Å². The summed E-state index contributed by atoms with van der Waals surface area (Å²) >= 11 is 4.89. The molecular weight excluding hydrogens is 284 g/mol. The van der Waals surface area contributed by atoms with Crippen LogP contribution < -0.4 is 10.6 Å². The van der Waals surface area contributed by atoms with Gasteiger partial charge in [-0.25, -0.2) is 4.90 Å². The lowest BCUT2D eigenvalue weighted by molar-refractivity contribution is 0.0926. The predicted octanol–water partition coefficient (Wildman–Crippen LogP) is 2.32. The van der Waals surface area contributed by atoms with Gasteiger partial charge in [0.25, 0.3) is 11.8 Å². The Morgan fingerprint density at radius 3 is 2.19 bits per heavy atom. The van der Waals surface area contributed by atoms with Gasteiger partial charge in [0.2, 0.25) is 0 Å². The van der Waals surface area contributed by atoms with Gasteiger partial charge in [0, 0.05) is 6.42 Å². The van der Waals surface area contributed by atoms with Crippen LogP contribution in [0.25, 0.3) is 0 Å². The molecule has 2 N–H and O–H groups in total. The molecule has 2 aromatic rings. The maximum absolute atomic E-state index is 12.4. The molecule has 0 atom stereocenters. The molecule has 0 aliphatic carbocycles. The van der Waals surface area contributed by atoms with Crippen molar-refractivity contribution >= 4 is 34.7 Å². The number of carbonyl (C=O) groups is 2. The van der Waals surface area contributed by atoms with Gasteiger partial charge < -0.3 is 5.73 Å². The highest BCUT2D eigenvalue weighted by Gasteiger charge is 2.36. The summed E-state index contributed by atoms with van der Waals surface area (Å²) in [5.74, 6) is -0.605. The SMILES string of the molecule is NC(=S)Cc1cccc(N2C(=O)c3ccccc3C2=O)c1. The summed E-state index contributed by atoms with van der Waals surface area (Å²) < 4.78 is 0. The minimum atomic E-state index is -0.303. The summed E-state index contributed by atoms with van der Waals surface area (Å²) in [5.41, 5.74) is 7.81. The van der Waals surface area contributed by atoms with Crippen LogP contribution in [0.4, 0.5) is 5.69 Å². The first-order valence-corrected chi connectivity index (χ1v) is 6.84. The van der Waals surface area contributed by atoms with E-state index in [2.05, 4.69) is 0 Å². The summed E-state index contributed by atoms with van der Waals surface area (Å²) in [6.07, 6.45) is 0.437. The summed E-state index contributed by atoms with van der Waals surface area (Å²) in [7, 11) is 0. The van der Waals surface area contributed by atoms with E-state index in [1.165, 1.54) is 4.90 Å². The van der Waals surface area contributed by atoms with E-state index in [0.717, 1.165) is 5.56 Å². The number of anilines is 1. The van der Waals surface area contributed by atoms with Crippen LogP contribution in [0.5, 0.6) is 0 Å². The molecule has 4 nitrogen and oxygen atoms in total. The molecule has 2 aromatic carbocycles. The highest BCUT2D eigenvalue weighted by atomic mass is 32.1. The Kier molecular flexibility index (Phi) is 3.27. The number of hydrogen-bond donors (Lipinski definition) is 1. The number of nitrogens with two attached hydrogens (primary N) is 1. The number of benzene rings is 2. The summed E-state index contributed by atoms with van der Waals surface area (Å²) in [6.45, 7) is 0. The van der Waals surface area contributed by atoms with Crippen molar-refractivity contribution in [2.45, 2.75) is 6.42 Å². The maximum Gasteiger partial charge on any atom is 0.266 e. The zero-order chi connectivity index (χ0) is 15.0. The lowest BCUT2D eigenvalue weighted by Crippen LogP contribution is -2.29. The average molecular weight is 296 g/mol. The normalized spacial score (nSPS) is 13.4. The smallest absolute Gasteiger partial charge is 0.266 e. The monoisotopic (exact) mass is 296 g/mol. The highest BCUT2D eigenvalue weighted by Crippen LogP contribution is 2.28. The molecule has 21 heavy (non-hydrogen) atoms. The van der Waals surface area contributed by atoms with Crippen molar-refractivity contribution in [1.82, 2.24) is 0 Å². The Hall–Kier alpha value is -2.53. The molecule has 3 rings (SSSR count). The number of nitrogens with zero attached hydrogens (tertiary/aromatic N) is 1. The number of imide groups is 1. The molecule has 1 heterocycles. The average Bonchev–Trinajstić information content (AvgIpc) is 2.71. The zero-order valence-electron chi connectivity index (χ0n) is 11.1. The summed E-state index contributed by atoms with van der Waals surface area (Å²) in [4.78, 5) is 26.3. The molecule has 0 saturated heterocycles. The van der Waals surface area contributed by atoms with E-state index >= 15 is 0 Å². The van der Waals surface area contributed by atoms with Gasteiger partial charge in [0.05, 0.1) is 21.8 Å². The van der Waals surface area contributed by atoms with Crippen LogP contribution in [0.2, 0.25) is 0 Å². The minimum Gasteiger partial charge on any atom is -0.393 e. The van der Waals surface area contributed by atoms with Crippen LogP contribution in [0.3, 0.4) is 0 Å². The first-order valence-electron chi connectivity index (χ1n) is 6.43. The van der Waals surface area contributed by atoms with Crippen LogP contribution in [0.15, 0.2) is 48.5 Å². The number of thiocarbonyl (C=S) groups is 1. The van der Waals surface area contributed by atoms with E-state index < -0.39 is 0 Å². The Morgan fingerprint density at radius 2 is 1.62 bits per heavy atom. The molecule has 104 valence electrons. The second-order valence-electron chi connectivity index (χ2n) is 4.80. The zero-order valence-corrected chi connectivity index (χ0v) is 11.9. The van der Waals surface area contributed by atoms with Gasteiger partial charge in [-0.3, -0.25) is 9.59 Å². The van der Waals surface area contributed by atoms with Crippen molar-refractivity contribution < 1.29 is 9.59 Å². The topological polar surface area (TPSA) is 63.4 Å². The lowest BCUT2D eigenvalue weighted by atomic mass is 10.1. The number of rotatable bonds is 3. The largest absolute Gasteiger partial charge is 0.393 e. The first-order chi connectivity index (χ1) is 10.1. The highest BCUT2D eigenvalue weighted by molar-refractivity contribution is 7.80. The van der Waals surface area contributed by atoms with Crippen LogP contribution in [-0.2, 0) is 6.42 Å². The third kappa shape index (κ3) is 2.32. The Bertz CT molecular complexity index is 735. The van der Waals surface area contributed by atoms with Crippen molar-refractivity contribution in [2.24, 2.45) is 5.73 Å². The molecule has 1 aliphatic rings. The van der Waals surface area contributed by atoms with Gasteiger partial charge in [-0.05, 0) is 29.8 Å². The molecule has 0 bridgehead atoms. The Morgan fingerprint density at radius 1 is 1.00 bits per heavy atom. The van der Waals surface area contributed by atoms with Crippen molar-refractivity contribution in [3.05, 3.63) is 65.2 Å². The second kappa shape index (κ2) is 5.10. The molecule has 0 aromatic heterocycles. The van der Waals surface area contributed by atoms with Gasteiger partial charge in [0.1, 0.15) is 0 Å². The molecule has 0 fully saturated rings. The van der Waals surface area contributed by atoms with Gasteiger partial charge in [0.15, 0.2) is 0 Å². The molecule has 5 heteroatoms. The standard InChI is InChI=1S/C16H12N2O2S/c17-14(21)9-10-4-3-5-11(8-10)18-15(19)12-6-1-2-7-13(12)16(18)20/h1-8H,9H2,(H2,17,21). The quantitative estimate of drug-likeness (QED) is 0.697. The number of fused-ring (bicyclic) bond motifs is 1. The van der Waals surface area contributed by atoms with E-state index in [4.69, 9.17) is 18.0 Å². The molecular formula is C16H12N2O2S. The van der Waals surface area contributed by atoms with Crippen molar-refractivity contribution in [1.29, 1.82) is 0 Å². The van der Waals surface area contributed by atoms with Gasteiger partial charge >= 0.3 is 0 Å². The molecule has 0 radical (unpaired) electrons. The maximum atomic E-state index is 12.4. The van der Waals surface area contributed by atoms with Gasteiger partial charge in [-0.2, -0.15) is 0 Å². The number of hydrogen-bond acceptors (Lipinski definition) is 3. The third-order valence-electron chi connectivity index (χ3n) is 3.34.